The number of carbonyl (C=O) groups is 3. The van der Waals surface area contributed by atoms with Crippen molar-refractivity contribution in [1.29, 1.82) is 0 Å². The summed E-state index contributed by atoms with van der Waals surface area (Å²) in [4.78, 5) is 40.1. The van der Waals surface area contributed by atoms with E-state index in [1.165, 1.54) is 14.0 Å². The van der Waals surface area contributed by atoms with Crippen molar-refractivity contribution in [3.63, 3.8) is 0 Å². The Hall–Kier alpha value is -4.11. The summed E-state index contributed by atoms with van der Waals surface area (Å²) < 4.78 is 21.2. The lowest BCUT2D eigenvalue weighted by Gasteiger charge is -2.36. The number of fused-ring (bicyclic) bond motifs is 2. The molecule has 3 N–H and O–H groups in total. The van der Waals surface area contributed by atoms with Gasteiger partial charge >= 0.3 is 17.9 Å². The van der Waals surface area contributed by atoms with Crippen molar-refractivity contribution in [3.8, 4) is 0 Å². The summed E-state index contributed by atoms with van der Waals surface area (Å²) in [7, 11) is 1.46. The van der Waals surface area contributed by atoms with Crippen LogP contribution in [0.5, 0.6) is 0 Å². The minimum absolute atomic E-state index is 0.0229. The van der Waals surface area contributed by atoms with Crippen LogP contribution >= 0.6 is 0 Å². The van der Waals surface area contributed by atoms with E-state index in [1.54, 1.807) is 36.4 Å². The van der Waals surface area contributed by atoms with E-state index >= 15 is 0 Å². The molecule has 2 heterocycles. The topological polar surface area (TPSA) is 126 Å². The fraction of sp³-hybridized carbons (Fsp3) is 0.240. The SMILES string of the molecule is COCCOC(=O)C1=C(N)Nc2ccccc2[C@]12C(=O)OC(C)=C2C(=O)OCc1ccccc1. The molecule has 34 heavy (non-hydrogen) atoms. The van der Waals surface area contributed by atoms with E-state index in [2.05, 4.69) is 5.32 Å². The summed E-state index contributed by atoms with van der Waals surface area (Å²) in [6.45, 7) is 1.50. The predicted octanol–water partition coefficient (Wildman–Crippen LogP) is 2.28. The smallest absolute Gasteiger partial charge is 0.339 e. The molecule has 0 bridgehead atoms. The number of carbonyl (C=O) groups excluding carboxylic acids is 3. The van der Waals surface area contributed by atoms with Crippen LogP contribution in [0, 0.1) is 0 Å². The zero-order valence-corrected chi connectivity index (χ0v) is 18.8. The third-order valence-electron chi connectivity index (χ3n) is 5.67. The van der Waals surface area contributed by atoms with Crippen LogP contribution in [0.1, 0.15) is 18.1 Å². The van der Waals surface area contributed by atoms with Crippen molar-refractivity contribution in [2.24, 2.45) is 5.73 Å². The number of para-hydroxylation sites is 1. The van der Waals surface area contributed by atoms with Crippen LogP contribution in [0.4, 0.5) is 5.69 Å². The number of benzene rings is 2. The zero-order valence-electron chi connectivity index (χ0n) is 18.8. The lowest BCUT2D eigenvalue weighted by atomic mass is 9.67. The highest BCUT2D eigenvalue weighted by atomic mass is 16.6. The number of methoxy groups -OCH3 is 1. The summed E-state index contributed by atoms with van der Waals surface area (Å²) in [5, 5.41) is 2.93. The number of rotatable bonds is 7. The summed E-state index contributed by atoms with van der Waals surface area (Å²) in [5.74, 6) is -2.63. The Labute approximate surface area is 196 Å². The van der Waals surface area contributed by atoms with Crippen molar-refractivity contribution in [2.75, 3.05) is 25.6 Å². The van der Waals surface area contributed by atoms with Gasteiger partial charge in [-0.3, -0.25) is 0 Å². The van der Waals surface area contributed by atoms with Crippen LogP contribution < -0.4 is 11.1 Å². The summed E-state index contributed by atoms with van der Waals surface area (Å²) in [6, 6.07) is 15.8. The van der Waals surface area contributed by atoms with Crippen molar-refractivity contribution >= 4 is 23.6 Å². The molecule has 9 heteroatoms. The lowest BCUT2D eigenvalue weighted by Crippen LogP contribution is -2.48. The Balaban J connectivity index is 1.82. The maximum Gasteiger partial charge on any atom is 0.339 e. The van der Waals surface area contributed by atoms with Gasteiger partial charge in [-0.05, 0) is 18.6 Å². The van der Waals surface area contributed by atoms with Gasteiger partial charge in [-0.1, -0.05) is 48.5 Å². The first-order valence-corrected chi connectivity index (χ1v) is 10.6. The van der Waals surface area contributed by atoms with Gasteiger partial charge in [0.15, 0.2) is 5.41 Å². The van der Waals surface area contributed by atoms with E-state index < -0.39 is 23.3 Å². The number of hydrogen-bond acceptors (Lipinski definition) is 9. The van der Waals surface area contributed by atoms with Gasteiger partial charge in [0.25, 0.3) is 0 Å². The van der Waals surface area contributed by atoms with E-state index in [0.29, 0.717) is 11.3 Å². The Morgan fingerprint density at radius 3 is 2.38 bits per heavy atom. The van der Waals surface area contributed by atoms with Crippen LogP contribution in [0.3, 0.4) is 0 Å². The highest BCUT2D eigenvalue weighted by Gasteiger charge is 2.62. The molecule has 0 fully saturated rings. The standard InChI is InChI=1S/C25H24N2O7/c1-15-19(22(28)33-14-16-8-4-3-5-9-16)25(24(30)34-15)17-10-6-7-11-18(17)27-21(26)20(25)23(29)32-13-12-31-2/h3-11,27H,12-14,26H2,1-2H3/t25-/m1/s1. The first-order chi connectivity index (χ1) is 16.4. The van der Waals surface area contributed by atoms with Gasteiger partial charge in [-0.2, -0.15) is 0 Å². The number of allylic oxidation sites excluding steroid dienone is 1. The summed E-state index contributed by atoms with van der Waals surface area (Å²) >= 11 is 0. The van der Waals surface area contributed by atoms with Gasteiger partial charge in [0.1, 0.15) is 35.9 Å². The number of nitrogens with one attached hydrogen (secondary N) is 1. The fourth-order valence-electron chi connectivity index (χ4n) is 4.21. The first-order valence-electron chi connectivity index (χ1n) is 10.6. The van der Waals surface area contributed by atoms with Gasteiger partial charge < -0.3 is 30.0 Å². The molecule has 0 aromatic heterocycles. The average Bonchev–Trinajstić information content (AvgIpc) is 3.08. The van der Waals surface area contributed by atoms with Gasteiger partial charge in [0.05, 0.1) is 6.61 Å². The molecule has 2 aromatic carbocycles. The second kappa shape index (κ2) is 9.40. The third-order valence-corrected chi connectivity index (χ3v) is 5.67. The first kappa shape index (κ1) is 23.1. The number of ether oxygens (including phenoxy) is 4. The Bertz CT molecular complexity index is 1200. The maximum absolute atomic E-state index is 13.5. The molecule has 2 aliphatic heterocycles. The van der Waals surface area contributed by atoms with Crippen molar-refractivity contribution in [2.45, 2.75) is 18.9 Å². The molecule has 0 amide bonds. The molecule has 9 nitrogen and oxygen atoms in total. The van der Waals surface area contributed by atoms with Crippen LogP contribution in [0.15, 0.2) is 77.3 Å². The number of nitrogens with two attached hydrogens (primary N) is 1. The summed E-state index contributed by atoms with van der Waals surface area (Å²) in [6.07, 6.45) is 0. The van der Waals surface area contributed by atoms with E-state index in [1.807, 2.05) is 18.2 Å². The molecule has 0 saturated carbocycles. The largest absolute Gasteiger partial charge is 0.460 e. The quantitative estimate of drug-likeness (QED) is 0.360. The minimum Gasteiger partial charge on any atom is -0.460 e. The van der Waals surface area contributed by atoms with E-state index in [9.17, 15) is 14.4 Å². The highest BCUT2D eigenvalue weighted by Crippen LogP contribution is 2.52. The highest BCUT2D eigenvalue weighted by molar-refractivity contribution is 6.15. The molecule has 176 valence electrons. The number of hydrogen-bond donors (Lipinski definition) is 2. The van der Waals surface area contributed by atoms with Gasteiger partial charge in [-0.25, -0.2) is 14.4 Å². The van der Waals surface area contributed by atoms with Gasteiger partial charge in [0.2, 0.25) is 0 Å². The van der Waals surface area contributed by atoms with Crippen LogP contribution in [0.25, 0.3) is 0 Å². The van der Waals surface area contributed by atoms with E-state index in [4.69, 9.17) is 24.7 Å². The summed E-state index contributed by atoms with van der Waals surface area (Å²) in [5.41, 5.74) is 5.47. The number of cyclic esters (lactones) is 1. The molecule has 1 atom stereocenters. The van der Waals surface area contributed by atoms with Crippen LogP contribution in [0.2, 0.25) is 0 Å². The normalized spacial score (nSPS) is 18.9. The molecule has 0 saturated heterocycles. The van der Waals surface area contributed by atoms with Crippen molar-refractivity contribution in [3.05, 3.63) is 88.5 Å². The minimum atomic E-state index is -1.95. The zero-order chi connectivity index (χ0) is 24.3. The molecule has 1 spiro atoms. The Morgan fingerprint density at radius 1 is 0.971 bits per heavy atom. The molecule has 4 rings (SSSR count). The second-order valence-electron chi connectivity index (χ2n) is 7.72. The molecule has 0 unspecified atom stereocenters. The number of esters is 3. The average molecular weight is 464 g/mol. The predicted molar refractivity (Wildman–Crippen MR) is 121 cm³/mol. The Morgan fingerprint density at radius 2 is 1.65 bits per heavy atom. The Kier molecular flexibility index (Phi) is 6.38. The third kappa shape index (κ3) is 3.80. The molecule has 0 aliphatic carbocycles. The second-order valence-corrected chi connectivity index (χ2v) is 7.72. The van der Waals surface area contributed by atoms with Gasteiger partial charge in [-0.15, -0.1) is 0 Å². The maximum atomic E-state index is 13.5. The van der Waals surface area contributed by atoms with Gasteiger partial charge in [0, 0.05) is 18.4 Å². The molecular formula is C25H24N2O7. The van der Waals surface area contributed by atoms with Crippen molar-refractivity contribution < 1.29 is 33.3 Å². The molecule has 0 radical (unpaired) electrons. The molecular weight excluding hydrogens is 440 g/mol. The van der Waals surface area contributed by atoms with Crippen LogP contribution in [-0.2, 0) is 45.4 Å². The lowest BCUT2D eigenvalue weighted by molar-refractivity contribution is -0.148. The van der Waals surface area contributed by atoms with E-state index in [0.717, 1.165) is 5.56 Å². The van der Waals surface area contributed by atoms with Crippen LogP contribution in [-0.4, -0.2) is 38.2 Å². The molecule has 2 aromatic rings. The fourth-order valence-corrected chi connectivity index (χ4v) is 4.21. The number of anilines is 1. The molecule has 2 aliphatic rings. The monoisotopic (exact) mass is 464 g/mol. The van der Waals surface area contributed by atoms with E-state index in [-0.39, 0.29) is 42.5 Å². The van der Waals surface area contributed by atoms with Crippen molar-refractivity contribution in [1.82, 2.24) is 0 Å².